The van der Waals surface area contributed by atoms with Crippen LogP contribution < -0.4 is 0 Å². The summed E-state index contributed by atoms with van der Waals surface area (Å²) in [4.78, 5) is 11.7. The Labute approximate surface area is 111 Å². The smallest absolute Gasteiger partial charge is 0.219 e. The first-order valence-corrected chi connectivity index (χ1v) is 7.15. The topological polar surface area (TPSA) is 17.1 Å². The fourth-order valence-electron chi connectivity index (χ4n) is 1.57. The largest absolute Gasteiger partial charge is 0.282 e. The third kappa shape index (κ3) is 6.15. The lowest BCUT2D eigenvalue weighted by Crippen LogP contribution is -2.02. The average Bonchev–Trinajstić information content (AvgIpc) is 2.42. The normalized spacial score (nSPS) is 12.3. The molecule has 1 aromatic carbocycles. The predicted octanol–water partition coefficient (Wildman–Crippen LogP) is 4.43. The van der Waals surface area contributed by atoms with Crippen molar-refractivity contribution < 1.29 is 13.6 Å². The summed E-state index contributed by atoms with van der Waals surface area (Å²) >= 11 is 1.22. The van der Waals surface area contributed by atoms with Crippen LogP contribution in [0.25, 0.3) is 0 Å². The number of carbonyl (C=O) groups is 1. The number of hydrogen-bond acceptors (Lipinski definition) is 2. The van der Waals surface area contributed by atoms with E-state index in [9.17, 15) is 13.6 Å². The van der Waals surface area contributed by atoms with E-state index in [-0.39, 0.29) is 18.0 Å². The number of thioether (sulfide) groups is 1. The van der Waals surface area contributed by atoms with Crippen molar-refractivity contribution in [3.8, 4) is 0 Å². The Bertz CT molecular complexity index is 343. The van der Waals surface area contributed by atoms with Gasteiger partial charge in [-0.05, 0) is 25.7 Å². The number of rotatable bonds is 8. The van der Waals surface area contributed by atoms with Crippen LogP contribution in [0.1, 0.15) is 36.0 Å². The van der Waals surface area contributed by atoms with Crippen molar-refractivity contribution in [2.24, 2.45) is 0 Å². The van der Waals surface area contributed by atoms with Gasteiger partial charge in [-0.15, -0.1) is 0 Å². The molecule has 0 aliphatic heterocycles. The van der Waals surface area contributed by atoms with E-state index in [1.807, 2.05) is 18.2 Å². The zero-order valence-corrected chi connectivity index (χ0v) is 11.1. The first-order valence-electron chi connectivity index (χ1n) is 6.16. The van der Waals surface area contributed by atoms with Crippen LogP contribution in [0.4, 0.5) is 8.78 Å². The number of halogens is 2. The maximum Gasteiger partial charge on any atom is 0.219 e. The van der Waals surface area contributed by atoms with E-state index in [4.69, 9.17) is 0 Å². The summed E-state index contributed by atoms with van der Waals surface area (Å²) in [6, 6.07) is 9.05. The highest BCUT2D eigenvalue weighted by Gasteiger charge is 2.08. The SMILES string of the molecule is O=C(SCCCC(F)CCCF)c1ccccc1. The molecule has 0 bridgehead atoms. The van der Waals surface area contributed by atoms with Crippen LogP contribution >= 0.6 is 11.8 Å². The van der Waals surface area contributed by atoms with Crippen LogP contribution in [0.3, 0.4) is 0 Å². The molecule has 0 saturated carbocycles. The third-order valence-corrected chi connectivity index (χ3v) is 3.55. The summed E-state index contributed by atoms with van der Waals surface area (Å²) in [5.74, 6) is 0.615. The molecule has 1 rings (SSSR count). The summed E-state index contributed by atoms with van der Waals surface area (Å²) in [5, 5.41) is 0.0229. The lowest BCUT2D eigenvalue weighted by molar-refractivity contribution is 0.108. The molecular weight excluding hydrogens is 254 g/mol. The number of alkyl halides is 2. The maximum atomic E-state index is 13.2. The lowest BCUT2D eigenvalue weighted by Gasteiger charge is -2.06. The van der Waals surface area contributed by atoms with Crippen molar-refractivity contribution in [2.45, 2.75) is 31.9 Å². The van der Waals surface area contributed by atoms with Crippen molar-refractivity contribution >= 4 is 16.9 Å². The van der Waals surface area contributed by atoms with Gasteiger partial charge >= 0.3 is 0 Å². The van der Waals surface area contributed by atoms with Gasteiger partial charge < -0.3 is 0 Å². The minimum atomic E-state index is -0.937. The molecule has 18 heavy (non-hydrogen) atoms. The molecule has 0 fully saturated rings. The maximum absolute atomic E-state index is 13.2. The van der Waals surface area contributed by atoms with Gasteiger partial charge in [-0.1, -0.05) is 42.1 Å². The highest BCUT2D eigenvalue weighted by molar-refractivity contribution is 8.14. The van der Waals surface area contributed by atoms with E-state index < -0.39 is 12.8 Å². The Balaban J connectivity index is 2.13. The van der Waals surface area contributed by atoms with Crippen molar-refractivity contribution in [3.63, 3.8) is 0 Å². The molecule has 4 heteroatoms. The van der Waals surface area contributed by atoms with Crippen LogP contribution in [-0.2, 0) is 0 Å². The van der Waals surface area contributed by atoms with Crippen LogP contribution in [-0.4, -0.2) is 23.7 Å². The van der Waals surface area contributed by atoms with Crippen molar-refractivity contribution in [1.82, 2.24) is 0 Å². The molecule has 1 nitrogen and oxygen atoms in total. The van der Waals surface area contributed by atoms with Gasteiger partial charge in [0.1, 0.15) is 6.17 Å². The van der Waals surface area contributed by atoms with E-state index in [1.165, 1.54) is 11.8 Å². The fourth-order valence-corrected chi connectivity index (χ4v) is 2.37. The summed E-state index contributed by atoms with van der Waals surface area (Å²) < 4.78 is 25.0. The minimum absolute atomic E-state index is 0.0229. The zero-order chi connectivity index (χ0) is 13.2. The molecule has 0 radical (unpaired) electrons. The number of hydrogen-bond donors (Lipinski definition) is 0. The molecule has 0 heterocycles. The van der Waals surface area contributed by atoms with Gasteiger partial charge in [-0.2, -0.15) is 0 Å². The van der Waals surface area contributed by atoms with Crippen molar-refractivity contribution in [3.05, 3.63) is 35.9 Å². The monoisotopic (exact) mass is 272 g/mol. The second-order valence-electron chi connectivity index (χ2n) is 4.07. The average molecular weight is 272 g/mol. The molecular formula is C14H18F2OS. The Morgan fingerprint density at radius 1 is 1.17 bits per heavy atom. The molecule has 0 amide bonds. The highest BCUT2D eigenvalue weighted by atomic mass is 32.2. The standard InChI is InChI=1S/C14H18F2OS/c15-10-4-8-13(16)9-5-11-18-14(17)12-6-2-1-3-7-12/h1-3,6-7,13H,4-5,8-11H2. The molecule has 1 unspecified atom stereocenters. The van der Waals surface area contributed by atoms with E-state index in [0.29, 0.717) is 24.2 Å². The van der Waals surface area contributed by atoms with Gasteiger partial charge in [0, 0.05) is 11.3 Å². The van der Waals surface area contributed by atoms with Crippen LogP contribution in [0.15, 0.2) is 30.3 Å². The molecule has 0 aliphatic rings. The summed E-state index contributed by atoms with van der Waals surface area (Å²) in [5.41, 5.74) is 0.678. The van der Waals surface area contributed by atoms with Crippen LogP contribution in [0.5, 0.6) is 0 Å². The van der Waals surface area contributed by atoms with Gasteiger partial charge in [0.2, 0.25) is 5.12 Å². The Morgan fingerprint density at radius 2 is 1.83 bits per heavy atom. The van der Waals surface area contributed by atoms with Crippen LogP contribution in [0, 0.1) is 0 Å². The summed E-state index contributed by atoms with van der Waals surface area (Å²) in [6.07, 6.45) is 0.699. The molecule has 1 atom stereocenters. The van der Waals surface area contributed by atoms with Gasteiger partial charge in [-0.3, -0.25) is 9.18 Å². The van der Waals surface area contributed by atoms with Gasteiger partial charge in [0.25, 0.3) is 0 Å². The predicted molar refractivity (Wildman–Crippen MR) is 72.6 cm³/mol. The van der Waals surface area contributed by atoms with E-state index in [0.717, 1.165) is 0 Å². The quantitative estimate of drug-likeness (QED) is 0.651. The third-order valence-electron chi connectivity index (χ3n) is 2.56. The van der Waals surface area contributed by atoms with Crippen molar-refractivity contribution in [1.29, 1.82) is 0 Å². The molecule has 100 valence electrons. The highest BCUT2D eigenvalue weighted by Crippen LogP contribution is 2.16. The van der Waals surface area contributed by atoms with Crippen LogP contribution in [0.2, 0.25) is 0 Å². The van der Waals surface area contributed by atoms with E-state index in [1.54, 1.807) is 12.1 Å². The minimum Gasteiger partial charge on any atom is -0.282 e. The molecule has 0 spiro atoms. The zero-order valence-electron chi connectivity index (χ0n) is 10.3. The fraction of sp³-hybridized carbons (Fsp3) is 0.500. The van der Waals surface area contributed by atoms with E-state index >= 15 is 0 Å². The molecule has 0 aliphatic carbocycles. The molecule has 0 aromatic heterocycles. The first kappa shape index (κ1) is 15.2. The second-order valence-corrected chi connectivity index (χ2v) is 5.14. The summed E-state index contributed by atoms with van der Waals surface area (Å²) in [6.45, 7) is -0.457. The number of carbonyl (C=O) groups excluding carboxylic acids is 1. The molecule has 0 N–H and O–H groups in total. The summed E-state index contributed by atoms with van der Waals surface area (Å²) in [7, 11) is 0. The molecule has 0 saturated heterocycles. The Kier molecular flexibility index (Phi) is 7.65. The Morgan fingerprint density at radius 3 is 2.50 bits per heavy atom. The van der Waals surface area contributed by atoms with Gasteiger partial charge in [0.05, 0.1) is 6.67 Å². The van der Waals surface area contributed by atoms with Crippen molar-refractivity contribution in [2.75, 3.05) is 12.4 Å². The first-order chi connectivity index (χ1) is 8.74. The second kappa shape index (κ2) is 9.09. The number of benzene rings is 1. The van der Waals surface area contributed by atoms with E-state index in [2.05, 4.69) is 0 Å². The molecule has 1 aromatic rings. The van der Waals surface area contributed by atoms with Gasteiger partial charge in [-0.25, -0.2) is 4.39 Å². The Hall–Kier alpha value is -0.900. The lowest BCUT2D eigenvalue weighted by atomic mass is 10.1. The van der Waals surface area contributed by atoms with Gasteiger partial charge in [0.15, 0.2) is 0 Å².